The third-order valence-electron chi connectivity index (χ3n) is 4.86. The Labute approximate surface area is 141 Å². The van der Waals surface area contributed by atoms with Crippen molar-refractivity contribution in [3.05, 3.63) is 21.3 Å². The summed E-state index contributed by atoms with van der Waals surface area (Å²) in [7, 11) is 0. The highest BCUT2D eigenvalue weighted by Gasteiger charge is 2.49. The quantitative estimate of drug-likeness (QED) is 0.872. The smallest absolute Gasteiger partial charge is 0.228 e. The number of halogens is 2. The Bertz CT molecular complexity index is 508. The molecule has 1 aliphatic heterocycles. The van der Waals surface area contributed by atoms with Gasteiger partial charge in [0, 0.05) is 11.4 Å². The summed E-state index contributed by atoms with van der Waals surface area (Å²) in [6.45, 7) is 3.87. The van der Waals surface area contributed by atoms with E-state index >= 15 is 0 Å². The number of carbonyl (C=O) groups is 1. The monoisotopic (exact) mass is 348 g/mol. The Morgan fingerprint density at radius 3 is 3.05 bits per heavy atom. The highest BCUT2D eigenvalue weighted by molar-refractivity contribution is 7.16. The average Bonchev–Trinajstić information content (AvgIpc) is 3.05. The highest BCUT2D eigenvalue weighted by atomic mass is 35.5. The molecule has 2 aliphatic rings. The van der Waals surface area contributed by atoms with Gasteiger partial charge in [0.1, 0.15) is 0 Å². The van der Waals surface area contributed by atoms with Crippen LogP contribution in [0.25, 0.3) is 0 Å². The predicted octanol–water partition coefficient (Wildman–Crippen LogP) is 3.78. The second kappa shape index (κ2) is 6.86. The van der Waals surface area contributed by atoms with Gasteiger partial charge in [-0.15, -0.1) is 23.7 Å². The molecule has 6 heteroatoms. The summed E-state index contributed by atoms with van der Waals surface area (Å²) in [5, 5.41) is 6.64. The maximum Gasteiger partial charge on any atom is 0.228 e. The van der Waals surface area contributed by atoms with Crippen molar-refractivity contribution in [2.45, 2.75) is 38.6 Å². The molecule has 0 spiro atoms. The first-order valence-corrected chi connectivity index (χ1v) is 8.58. The minimum absolute atomic E-state index is 0. The van der Waals surface area contributed by atoms with Gasteiger partial charge in [-0.1, -0.05) is 24.4 Å². The molecule has 1 aliphatic carbocycles. The summed E-state index contributed by atoms with van der Waals surface area (Å²) >= 11 is 7.52. The van der Waals surface area contributed by atoms with Crippen LogP contribution in [0.2, 0.25) is 4.34 Å². The highest BCUT2D eigenvalue weighted by Crippen LogP contribution is 2.44. The molecule has 118 valence electrons. The summed E-state index contributed by atoms with van der Waals surface area (Å²) in [5.41, 5.74) is -0.173. The number of hydrogen-bond acceptors (Lipinski definition) is 3. The molecule has 0 aromatic carbocycles. The Morgan fingerprint density at radius 1 is 1.52 bits per heavy atom. The van der Waals surface area contributed by atoms with Crippen LogP contribution in [0.1, 0.15) is 43.5 Å². The van der Waals surface area contributed by atoms with Gasteiger partial charge >= 0.3 is 0 Å². The molecule has 3 rings (SSSR count). The van der Waals surface area contributed by atoms with Crippen molar-refractivity contribution in [1.29, 1.82) is 0 Å². The molecular formula is C15H22Cl2N2OS. The van der Waals surface area contributed by atoms with Gasteiger partial charge in [-0.25, -0.2) is 0 Å². The van der Waals surface area contributed by atoms with Crippen molar-refractivity contribution < 1.29 is 4.79 Å². The molecule has 2 N–H and O–H groups in total. The molecule has 3 atom stereocenters. The van der Waals surface area contributed by atoms with E-state index in [0.717, 1.165) is 28.7 Å². The minimum Gasteiger partial charge on any atom is -0.348 e. The number of fused-ring (bicyclic) bond motifs is 1. The van der Waals surface area contributed by atoms with Crippen molar-refractivity contribution >= 4 is 41.3 Å². The van der Waals surface area contributed by atoms with Gasteiger partial charge in [0.15, 0.2) is 0 Å². The van der Waals surface area contributed by atoms with Crippen LogP contribution in [-0.2, 0) is 4.79 Å². The molecule has 3 nitrogen and oxygen atoms in total. The molecular weight excluding hydrogens is 327 g/mol. The maximum absolute atomic E-state index is 12.8. The fourth-order valence-corrected chi connectivity index (χ4v) is 4.73. The zero-order valence-corrected chi connectivity index (χ0v) is 14.5. The largest absolute Gasteiger partial charge is 0.348 e. The van der Waals surface area contributed by atoms with Crippen LogP contribution >= 0.6 is 35.3 Å². The standard InChI is InChI=1S/C15H21ClN2OS.ClH/c1-10(12-5-6-13(16)20-12)18-14(19)15-7-3-2-4-11(15)8-17-9-15;/h5-6,10-11,17H,2-4,7-9H2,1H3,(H,18,19);1H/t10?,11-,15+;/m0./s1. The van der Waals surface area contributed by atoms with Gasteiger partial charge in [-0.3, -0.25) is 4.79 Å². The van der Waals surface area contributed by atoms with Crippen LogP contribution in [0.5, 0.6) is 0 Å². The summed E-state index contributed by atoms with van der Waals surface area (Å²) in [6, 6.07) is 3.93. The van der Waals surface area contributed by atoms with Gasteiger partial charge in [0.25, 0.3) is 0 Å². The molecule has 1 amide bonds. The Morgan fingerprint density at radius 2 is 2.33 bits per heavy atom. The Balaban J connectivity index is 0.00000161. The first-order chi connectivity index (χ1) is 9.62. The maximum atomic E-state index is 12.8. The lowest BCUT2D eigenvalue weighted by molar-refractivity contribution is -0.134. The number of carbonyl (C=O) groups excluding carboxylic acids is 1. The summed E-state index contributed by atoms with van der Waals surface area (Å²) in [4.78, 5) is 13.9. The molecule has 1 aromatic rings. The van der Waals surface area contributed by atoms with E-state index in [9.17, 15) is 4.79 Å². The minimum atomic E-state index is -0.173. The molecule has 1 aromatic heterocycles. The van der Waals surface area contributed by atoms with E-state index in [1.165, 1.54) is 19.3 Å². The Kier molecular flexibility index (Phi) is 5.58. The average molecular weight is 349 g/mol. The van der Waals surface area contributed by atoms with Crippen molar-refractivity contribution in [1.82, 2.24) is 10.6 Å². The predicted molar refractivity (Wildman–Crippen MR) is 90.4 cm³/mol. The topological polar surface area (TPSA) is 41.1 Å². The van der Waals surface area contributed by atoms with E-state index in [1.54, 1.807) is 11.3 Å². The van der Waals surface area contributed by atoms with E-state index in [2.05, 4.69) is 10.6 Å². The number of hydrogen-bond donors (Lipinski definition) is 2. The van der Waals surface area contributed by atoms with Crippen LogP contribution in [0, 0.1) is 11.3 Å². The Hall–Kier alpha value is -0.290. The molecule has 21 heavy (non-hydrogen) atoms. The molecule has 0 radical (unpaired) electrons. The lowest BCUT2D eigenvalue weighted by atomic mass is 9.67. The van der Waals surface area contributed by atoms with Crippen LogP contribution in [0.3, 0.4) is 0 Å². The van der Waals surface area contributed by atoms with E-state index < -0.39 is 0 Å². The first-order valence-electron chi connectivity index (χ1n) is 7.39. The van der Waals surface area contributed by atoms with Crippen LogP contribution < -0.4 is 10.6 Å². The number of nitrogens with one attached hydrogen (secondary N) is 2. The van der Waals surface area contributed by atoms with E-state index in [4.69, 9.17) is 11.6 Å². The third-order valence-corrected chi connectivity index (χ3v) is 6.27. The van der Waals surface area contributed by atoms with Crippen molar-refractivity contribution in [3.8, 4) is 0 Å². The summed E-state index contributed by atoms with van der Waals surface area (Å²) < 4.78 is 0.775. The third kappa shape index (κ3) is 3.24. The first kappa shape index (κ1) is 17.1. The van der Waals surface area contributed by atoms with Crippen LogP contribution in [0.15, 0.2) is 12.1 Å². The molecule has 1 saturated heterocycles. The summed E-state index contributed by atoms with van der Waals surface area (Å²) in [6.07, 6.45) is 4.64. The second-order valence-corrected chi connectivity index (χ2v) is 7.81. The normalized spacial score (nSPS) is 29.3. The SMILES string of the molecule is CC(NC(=O)[C@@]12CCCC[C@H]1CNC2)c1ccc(Cl)s1.Cl. The van der Waals surface area contributed by atoms with E-state index in [1.807, 2.05) is 19.1 Å². The van der Waals surface area contributed by atoms with Crippen LogP contribution in [0.4, 0.5) is 0 Å². The lowest BCUT2D eigenvalue weighted by Gasteiger charge is -2.37. The summed E-state index contributed by atoms with van der Waals surface area (Å²) in [5.74, 6) is 0.736. The van der Waals surface area contributed by atoms with Gasteiger partial charge in [0.05, 0.1) is 15.8 Å². The van der Waals surface area contributed by atoms with Crippen molar-refractivity contribution in [2.75, 3.05) is 13.1 Å². The fraction of sp³-hybridized carbons (Fsp3) is 0.667. The molecule has 1 unspecified atom stereocenters. The van der Waals surface area contributed by atoms with Gasteiger partial charge in [-0.05, 0) is 44.4 Å². The van der Waals surface area contributed by atoms with Gasteiger partial charge in [-0.2, -0.15) is 0 Å². The van der Waals surface area contributed by atoms with Crippen molar-refractivity contribution in [2.24, 2.45) is 11.3 Å². The molecule has 1 saturated carbocycles. The fourth-order valence-electron chi connectivity index (χ4n) is 3.66. The molecule has 2 heterocycles. The zero-order chi connectivity index (χ0) is 14.2. The van der Waals surface area contributed by atoms with Gasteiger partial charge < -0.3 is 10.6 Å². The van der Waals surface area contributed by atoms with E-state index in [0.29, 0.717) is 5.92 Å². The van der Waals surface area contributed by atoms with Crippen molar-refractivity contribution in [3.63, 3.8) is 0 Å². The number of rotatable bonds is 3. The van der Waals surface area contributed by atoms with Gasteiger partial charge in [0.2, 0.25) is 5.91 Å². The molecule has 2 fully saturated rings. The van der Waals surface area contributed by atoms with E-state index in [-0.39, 0.29) is 29.8 Å². The lowest BCUT2D eigenvalue weighted by Crippen LogP contribution is -2.48. The number of thiophene rings is 1. The molecule has 0 bridgehead atoms. The second-order valence-electron chi connectivity index (χ2n) is 6.07. The number of amides is 1. The zero-order valence-electron chi connectivity index (χ0n) is 12.2. The van der Waals surface area contributed by atoms with Crippen LogP contribution in [-0.4, -0.2) is 19.0 Å².